The van der Waals surface area contributed by atoms with Crippen molar-refractivity contribution in [3.63, 3.8) is 0 Å². The molecule has 2 aliphatic heterocycles. The second-order valence-corrected chi connectivity index (χ2v) is 8.85. The van der Waals surface area contributed by atoms with Crippen molar-refractivity contribution < 1.29 is 9.59 Å². The van der Waals surface area contributed by atoms with Crippen molar-refractivity contribution in [1.29, 1.82) is 0 Å². The molecule has 0 bridgehead atoms. The molecule has 0 unspecified atom stereocenters. The number of imide groups is 1. The summed E-state index contributed by atoms with van der Waals surface area (Å²) in [6.45, 7) is 3.73. The van der Waals surface area contributed by atoms with Gasteiger partial charge in [-0.15, -0.1) is 0 Å². The summed E-state index contributed by atoms with van der Waals surface area (Å²) in [5.41, 5.74) is 2.80. The minimum absolute atomic E-state index is 0.0151. The second-order valence-electron chi connectivity index (χ2n) is 8.85. The zero-order chi connectivity index (χ0) is 19.4. The average Bonchev–Trinajstić information content (AvgIpc) is 3.15. The van der Waals surface area contributed by atoms with Crippen LogP contribution in [0.25, 0.3) is 5.57 Å². The predicted octanol–water partition coefficient (Wildman–Crippen LogP) is 4.27. The van der Waals surface area contributed by atoms with Gasteiger partial charge in [0, 0.05) is 32.5 Å². The van der Waals surface area contributed by atoms with E-state index in [0.29, 0.717) is 19.4 Å². The van der Waals surface area contributed by atoms with Crippen molar-refractivity contribution in [3.05, 3.63) is 42.0 Å². The third kappa shape index (κ3) is 4.38. The summed E-state index contributed by atoms with van der Waals surface area (Å²) in [6, 6.07) is 10.6. The maximum absolute atomic E-state index is 12.5. The number of rotatable bonds is 6. The molecule has 0 N–H and O–H groups in total. The number of hydrogen-bond donors (Lipinski definition) is 0. The van der Waals surface area contributed by atoms with Crippen molar-refractivity contribution in [2.75, 3.05) is 26.2 Å². The molecule has 1 aromatic rings. The lowest BCUT2D eigenvalue weighted by atomic mass is 9.76. The van der Waals surface area contributed by atoms with E-state index < -0.39 is 0 Å². The Morgan fingerprint density at radius 2 is 1.57 bits per heavy atom. The Balaban J connectivity index is 1.19. The van der Waals surface area contributed by atoms with Crippen LogP contribution in [0.3, 0.4) is 0 Å². The van der Waals surface area contributed by atoms with E-state index in [1.807, 2.05) is 0 Å². The van der Waals surface area contributed by atoms with Gasteiger partial charge in [-0.3, -0.25) is 19.4 Å². The first-order chi connectivity index (χ1) is 13.7. The number of hydrogen-bond acceptors (Lipinski definition) is 3. The molecule has 0 atom stereocenters. The number of carbonyl (C=O) groups is 2. The normalized spacial score (nSPS) is 22.7. The van der Waals surface area contributed by atoms with Crippen LogP contribution in [-0.2, 0) is 9.59 Å². The van der Waals surface area contributed by atoms with Crippen molar-refractivity contribution in [1.82, 2.24) is 9.80 Å². The lowest BCUT2D eigenvalue weighted by Crippen LogP contribution is -2.47. The Labute approximate surface area is 168 Å². The van der Waals surface area contributed by atoms with Crippen LogP contribution < -0.4 is 0 Å². The van der Waals surface area contributed by atoms with Gasteiger partial charge in [-0.2, -0.15) is 0 Å². The van der Waals surface area contributed by atoms with Crippen LogP contribution in [0.1, 0.15) is 63.4 Å². The Morgan fingerprint density at radius 1 is 0.893 bits per heavy atom. The molecule has 1 aromatic carbocycles. The molecule has 0 radical (unpaired) electrons. The van der Waals surface area contributed by atoms with Crippen LogP contribution in [-0.4, -0.2) is 47.8 Å². The average molecular weight is 381 g/mol. The van der Waals surface area contributed by atoms with Gasteiger partial charge in [0.1, 0.15) is 0 Å². The minimum Gasteiger partial charge on any atom is -0.299 e. The Kier molecular flexibility index (Phi) is 5.96. The molecule has 0 aromatic heterocycles. The fourth-order valence-electron chi connectivity index (χ4n) is 5.20. The summed E-state index contributed by atoms with van der Waals surface area (Å²) in [7, 11) is 0. The highest BCUT2D eigenvalue weighted by Gasteiger charge is 2.44. The lowest BCUT2D eigenvalue weighted by molar-refractivity contribution is -0.153. The Morgan fingerprint density at radius 3 is 2.21 bits per heavy atom. The van der Waals surface area contributed by atoms with Gasteiger partial charge in [0.15, 0.2) is 0 Å². The molecule has 3 aliphatic rings. The summed E-state index contributed by atoms with van der Waals surface area (Å²) >= 11 is 0. The highest BCUT2D eigenvalue weighted by molar-refractivity contribution is 5.98. The van der Waals surface area contributed by atoms with Crippen molar-refractivity contribution in [2.45, 2.75) is 57.8 Å². The molecular formula is C24H32N2O2. The highest BCUT2D eigenvalue weighted by Crippen LogP contribution is 2.46. The number of carbonyl (C=O) groups excluding carboxylic acids is 2. The van der Waals surface area contributed by atoms with E-state index in [4.69, 9.17) is 0 Å². The van der Waals surface area contributed by atoms with Crippen LogP contribution in [0.2, 0.25) is 0 Å². The fraction of sp³-hybridized carbons (Fsp3) is 0.583. The standard InChI is InChI=1S/C24H32N2O2/c27-22-18-24(12-4-5-13-24)19-23(28)26(22)15-7-6-14-25-16-10-21(11-17-25)20-8-2-1-3-9-20/h1-3,8-10H,4-7,11-19H2. The number of benzene rings is 1. The SMILES string of the molecule is O=C1CC2(CCCC2)CC(=O)N1CCCCN1CC=C(c2ccccc2)CC1. The van der Waals surface area contributed by atoms with Crippen LogP contribution in [0.4, 0.5) is 0 Å². The summed E-state index contributed by atoms with van der Waals surface area (Å²) in [6.07, 6.45) is 11.1. The van der Waals surface area contributed by atoms with Gasteiger partial charge in [0.2, 0.25) is 11.8 Å². The van der Waals surface area contributed by atoms with Gasteiger partial charge in [-0.25, -0.2) is 0 Å². The van der Waals surface area contributed by atoms with Gasteiger partial charge in [-0.1, -0.05) is 49.2 Å². The first-order valence-corrected chi connectivity index (χ1v) is 11.0. The molecule has 150 valence electrons. The molecule has 4 heteroatoms. The summed E-state index contributed by atoms with van der Waals surface area (Å²) in [5.74, 6) is 0.151. The van der Waals surface area contributed by atoms with Gasteiger partial charge >= 0.3 is 0 Å². The van der Waals surface area contributed by atoms with Crippen molar-refractivity contribution in [2.24, 2.45) is 5.41 Å². The Hall–Kier alpha value is -1.94. The lowest BCUT2D eigenvalue weighted by Gasteiger charge is -2.37. The van der Waals surface area contributed by atoms with E-state index >= 15 is 0 Å². The first-order valence-electron chi connectivity index (χ1n) is 11.0. The molecule has 1 saturated heterocycles. The first kappa shape index (κ1) is 19.4. The molecule has 2 heterocycles. The molecule has 1 aliphatic carbocycles. The molecule has 4 nitrogen and oxygen atoms in total. The van der Waals surface area contributed by atoms with Crippen LogP contribution in [0.5, 0.6) is 0 Å². The van der Waals surface area contributed by atoms with E-state index in [2.05, 4.69) is 41.3 Å². The summed E-state index contributed by atoms with van der Waals surface area (Å²) < 4.78 is 0. The van der Waals surface area contributed by atoms with Crippen LogP contribution in [0.15, 0.2) is 36.4 Å². The van der Waals surface area contributed by atoms with Gasteiger partial charge in [0.25, 0.3) is 0 Å². The Bertz CT molecular complexity index is 714. The smallest absolute Gasteiger partial charge is 0.229 e. The molecule has 2 fully saturated rings. The number of piperidine rings is 1. The minimum atomic E-state index is 0.0151. The fourth-order valence-corrected chi connectivity index (χ4v) is 5.20. The maximum atomic E-state index is 12.5. The van der Waals surface area contributed by atoms with Gasteiger partial charge in [-0.05, 0) is 55.2 Å². The third-order valence-corrected chi connectivity index (χ3v) is 6.86. The third-order valence-electron chi connectivity index (χ3n) is 6.86. The second kappa shape index (κ2) is 8.60. The van der Waals surface area contributed by atoms with E-state index in [1.54, 1.807) is 4.90 Å². The molecule has 1 saturated carbocycles. The van der Waals surface area contributed by atoms with Crippen molar-refractivity contribution >= 4 is 17.4 Å². The molecule has 1 spiro atoms. The van der Waals surface area contributed by atoms with E-state index in [0.717, 1.165) is 51.7 Å². The van der Waals surface area contributed by atoms with Gasteiger partial charge in [0.05, 0.1) is 0 Å². The molecule has 28 heavy (non-hydrogen) atoms. The van der Waals surface area contributed by atoms with Crippen LogP contribution >= 0.6 is 0 Å². The number of unbranched alkanes of at least 4 members (excludes halogenated alkanes) is 1. The summed E-state index contributed by atoms with van der Waals surface area (Å²) in [5, 5.41) is 0. The zero-order valence-electron chi connectivity index (χ0n) is 16.9. The van der Waals surface area contributed by atoms with Crippen LogP contribution in [0, 0.1) is 5.41 Å². The molecular weight excluding hydrogens is 348 g/mol. The number of nitrogens with zero attached hydrogens (tertiary/aromatic N) is 2. The molecule has 4 rings (SSSR count). The highest BCUT2D eigenvalue weighted by atomic mass is 16.2. The zero-order valence-corrected chi connectivity index (χ0v) is 16.9. The van der Waals surface area contributed by atoms with E-state index in [-0.39, 0.29) is 17.2 Å². The predicted molar refractivity (Wildman–Crippen MR) is 112 cm³/mol. The number of amides is 2. The quantitative estimate of drug-likeness (QED) is 0.547. The van der Waals surface area contributed by atoms with E-state index in [1.165, 1.54) is 24.0 Å². The monoisotopic (exact) mass is 380 g/mol. The number of likely N-dealkylation sites (tertiary alicyclic amines) is 1. The summed E-state index contributed by atoms with van der Waals surface area (Å²) in [4.78, 5) is 29.1. The largest absolute Gasteiger partial charge is 0.299 e. The maximum Gasteiger partial charge on any atom is 0.229 e. The van der Waals surface area contributed by atoms with Crippen molar-refractivity contribution in [3.8, 4) is 0 Å². The topological polar surface area (TPSA) is 40.6 Å². The van der Waals surface area contributed by atoms with E-state index in [9.17, 15) is 9.59 Å². The van der Waals surface area contributed by atoms with Gasteiger partial charge < -0.3 is 0 Å². The molecule has 2 amide bonds.